The van der Waals surface area contributed by atoms with E-state index in [0.29, 0.717) is 28.1 Å². The molecule has 36 heavy (non-hydrogen) atoms. The van der Waals surface area contributed by atoms with Gasteiger partial charge < -0.3 is 19.4 Å². The summed E-state index contributed by atoms with van der Waals surface area (Å²) < 4.78 is 39.5. The molecule has 0 saturated heterocycles. The molecule has 1 aliphatic rings. The highest BCUT2D eigenvalue weighted by atomic mass is 32.2. The van der Waals surface area contributed by atoms with Crippen molar-refractivity contribution in [3.8, 4) is 5.75 Å². The molecule has 1 aliphatic carbocycles. The third-order valence-electron chi connectivity index (χ3n) is 5.77. The monoisotopic (exact) mass is 536 g/mol. The van der Waals surface area contributed by atoms with Gasteiger partial charge in [0.2, 0.25) is 5.91 Å². The average Bonchev–Trinajstić information content (AvgIpc) is 3.44. The summed E-state index contributed by atoms with van der Waals surface area (Å²) in [7, 11) is 1.33. The molecular weight excluding hydrogens is 510 g/mol. The number of rotatable bonds is 9. The summed E-state index contributed by atoms with van der Waals surface area (Å²) in [6.45, 7) is 4.07. The van der Waals surface area contributed by atoms with Gasteiger partial charge in [-0.15, -0.1) is 21.5 Å². The van der Waals surface area contributed by atoms with Crippen molar-refractivity contribution in [2.75, 3.05) is 18.2 Å². The largest absolute Gasteiger partial charge is 0.480 e. The van der Waals surface area contributed by atoms with E-state index >= 15 is 0 Å². The van der Waals surface area contributed by atoms with Crippen LogP contribution in [0.3, 0.4) is 0 Å². The molecule has 0 spiro atoms. The number of methoxy groups -OCH3 is 1. The number of aromatic nitrogens is 3. The summed E-state index contributed by atoms with van der Waals surface area (Å²) >= 11 is 2.62. The van der Waals surface area contributed by atoms with Crippen LogP contribution in [0.4, 0.5) is 13.8 Å². The number of hydrogen-bond acceptors (Lipinski definition) is 8. The Hall–Kier alpha value is -2.99. The number of esters is 1. The molecule has 2 heterocycles. The molecule has 1 amide bonds. The van der Waals surface area contributed by atoms with E-state index in [1.807, 2.05) is 6.92 Å². The number of aryl methyl sites for hydroxylation is 1. The van der Waals surface area contributed by atoms with Crippen LogP contribution in [0.5, 0.6) is 5.75 Å². The lowest BCUT2D eigenvalue weighted by molar-refractivity contribution is -0.113. The van der Waals surface area contributed by atoms with Crippen LogP contribution in [-0.2, 0) is 28.9 Å². The first-order chi connectivity index (χ1) is 17.3. The van der Waals surface area contributed by atoms with Crippen molar-refractivity contribution in [2.24, 2.45) is 0 Å². The highest BCUT2D eigenvalue weighted by molar-refractivity contribution is 7.99. The number of carbonyl (C=O) groups excluding carboxylic acids is 2. The summed E-state index contributed by atoms with van der Waals surface area (Å²) in [6, 6.07) is 3.09. The van der Waals surface area contributed by atoms with Gasteiger partial charge in [0, 0.05) is 17.5 Å². The lowest BCUT2D eigenvalue weighted by atomic mass is 9.95. The second-order valence-electron chi connectivity index (χ2n) is 8.16. The minimum absolute atomic E-state index is 0.0448. The molecule has 12 heteroatoms. The first-order valence-corrected chi connectivity index (χ1v) is 13.3. The summed E-state index contributed by atoms with van der Waals surface area (Å²) in [6.07, 6.45) is 3.08. The minimum atomic E-state index is -0.808. The molecule has 0 bridgehead atoms. The zero-order valence-corrected chi connectivity index (χ0v) is 21.7. The first-order valence-electron chi connectivity index (χ1n) is 11.5. The maximum absolute atomic E-state index is 14.0. The van der Waals surface area contributed by atoms with E-state index in [2.05, 4.69) is 15.5 Å². The van der Waals surface area contributed by atoms with Gasteiger partial charge in [0.25, 0.3) is 0 Å². The van der Waals surface area contributed by atoms with Crippen LogP contribution in [-0.4, -0.2) is 39.5 Å². The van der Waals surface area contributed by atoms with Crippen molar-refractivity contribution in [1.82, 2.24) is 14.8 Å². The summed E-state index contributed by atoms with van der Waals surface area (Å²) in [5.41, 5.74) is 1.43. The summed E-state index contributed by atoms with van der Waals surface area (Å²) in [5, 5.41) is 12.2. The Kier molecular flexibility index (Phi) is 8.24. The quantitative estimate of drug-likeness (QED) is 0.298. The smallest absolute Gasteiger partial charge is 0.341 e. The second-order valence-corrected chi connectivity index (χ2v) is 10.2. The van der Waals surface area contributed by atoms with Gasteiger partial charge in [-0.1, -0.05) is 11.8 Å². The molecular formula is C24H26F2N4O4S2. The Balaban J connectivity index is 1.44. The number of nitrogens with one attached hydrogen (secondary N) is 1. The normalized spacial score (nSPS) is 13.7. The van der Waals surface area contributed by atoms with Crippen molar-refractivity contribution in [1.29, 1.82) is 0 Å². The van der Waals surface area contributed by atoms with Crippen LogP contribution in [0.1, 0.15) is 59.4 Å². The maximum Gasteiger partial charge on any atom is 0.341 e. The van der Waals surface area contributed by atoms with Gasteiger partial charge in [0.05, 0.1) is 18.4 Å². The van der Waals surface area contributed by atoms with Crippen LogP contribution in [0.15, 0.2) is 23.4 Å². The van der Waals surface area contributed by atoms with E-state index in [-0.39, 0.29) is 17.4 Å². The Morgan fingerprint density at radius 1 is 1.25 bits per heavy atom. The number of anilines is 1. The van der Waals surface area contributed by atoms with Gasteiger partial charge >= 0.3 is 5.97 Å². The third-order valence-corrected chi connectivity index (χ3v) is 7.94. The van der Waals surface area contributed by atoms with Crippen LogP contribution >= 0.6 is 23.1 Å². The maximum atomic E-state index is 14.0. The number of benzene rings is 1. The predicted octanol–water partition coefficient (Wildman–Crippen LogP) is 5.17. The van der Waals surface area contributed by atoms with E-state index in [9.17, 15) is 18.4 Å². The third kappa shape index (κ3) is 5.54. The Morgan fingerprint density at radius 3 is 2.75 bits per heavy atom. The minimum Gasteiger partial charge on any atom is -0.480 e. The second kappa shape index (κ2) is 11.4. The lowest BCUT2D eigenvalue weighted by Gasteiger charge is -2.16. The average molecular weight is 537 g/mol. The summed E-state index contributed by atoms with van der Waals surface area (Å²) in [5.74, 6) is -1.83. The Labute approximate surface area is 215 Å². The molecule has 0 fully saturated rings. The van der Waals surface area contributed by atoms with Gasteiger partial charge in [-0.05, 0) is 57.2 Å². The SMILES string of the molecule is CCn1c(SCC(=O)Nc2sc3c(c2C(=O)OC)CCCC3)nnc1C(C)Oc1ccc(F)cc1F. The van der Waals surface area contributed by atoms with Crippen LogP contribution in [0.25, 0.3) is 0 Å². The molecule has 0 aliphatic heterocycles. The van der Waals surface area contributed by atoms with Crippen molar-refractivity contribution in [2.45, 2.75) is 57.3 Å². The van der Waals surface area contributed by atoms with E-state index in [4.69, 9.17) is 9.47 Å². The predicted molar refractivity (Wildman–Crippen MR) is 133 cm³/mol. The van der Waals surface area contributed by atoms with E-state index in [1.165, 1.54) is 36.3 Å². The number of ether oxygens (including phenoxy) is 2. The fourth-order valence-corrected chi connectivity index (χ4v) is 6.19. The molecule has 2 aromatic heterocycles. The lowest BCUT2D eigenvalue weighted by Crippen LogP contribution is -2.17. The zero-order chi connectivity index (χ0) is 25.8. The van der Waals surface area contributed by atoms with Crippen LogP contribution in [0.2, 0.25) is 0 Å². The summed E-state index contributed by atoms with van der Waals surface area (Å²) in [4.78, 5) is 26.3. The number of halogens is 2. The number of thioether (sulfide) groups is 1. The van der Waals surface area contributed by atoms with Crippen molar-refractivity contribution in [3.63, 3.8) is 0 Å². The van der Waals surface area contributed by atoms with Gasteiger partial charge in [-0.3, -0.25) is 4.79 Å². The molecule has 1 atom stereocenters. The van der Waals surface area contributed by atoms with E-state index in [1.54, 1.807) is 11.5 Å². The molecule has 4 rings (SSSR count). The highest BCUT2D eigenvalue weighted by Crippen LogP contribution is 2.38. The molecule has 1 N–H and O–H groups in total. The number of amides is 1. The van der Waals surface area contributed by atoms with Gasteiger partial charge in [-0.2, -0.15) is 0 Å². The molecule has 8 nitrogen and oxygen atoms in total. The van der Waals surface area contributed by atoms with Crippen LogP contribution < -0.4 is 10.1 Å². The highest BCUT2D eigenvalue weighted by Gasteiger charge is 2.27. The molecule has 3 aromatic rings. The molecule has 1 aromatic carbocycles. The molecule has 0 saturated carbocycles. The van der Waals surface area contributed by atoms with Crippen LogP contribution in [0, 0.1) is 11.6 Å². The first kappa shape index (κ1) is 26.1. The van der Waals surface area contributed by atoms with Crippen molar-refractivity contribution in [3.05, 3.63) is 51.7 Å². The Morgan fingerprint density at radius 2 is 2.03 bits per heavy atom. The number of carbonyl (C=O) groups is 2. The Bertz CT molecular complexity index is 1280. The van der Waals surface area contributed by atoms with Gasteiger partial charge in [0.15, 0.2) is 28.7 Å². The number of fused-ring (bicyclic) bond motifs is 1. The zero-order valence-electron chi connectivity index (χ0n) is 20.1. The standard InChI is InChI=1S/C24H26F2N4O4S2/c1-4-30-21(13(2)34-17-10-9-14(25)11-16(17)26)28-29-24(30)35-12-19(31)27-22-20(23(32)33-3)15-7-5-6-8-18(15)36-22/h9-11,13H,4-8,12H2,1-3H3,(H,27,31). The molecule has 0 radical (unpaired) electrons. The number of thiophene rings is 1. The molecule has 1 unspecified atom stereocenters. The van der Waals surface area contributed by atoms with Gasteiger partial charge in [-0.25, -0.2) is 13.6 Å². The fourth-order valence-electron chi connectivity index (χ4n) is 4.08. The number of hydrogen-bond donors (Lipinski definition) is 1. The van der Waals surface area contributed by atoms with Crippen molar-refractivity contribution >= 4 is 40.0 Å². The van der Waals surface area contributed by atoms with E-state index in [0.717, 1.165) is 48.3 Å². The number of nitrogens with zero attached hydrogens (tertiary/aromatic N) is 3. The topological polar surface area (TPSA) is 95.3 Å². The van der Waals surface area contributed by atoms with Crippen molar-refractivity contribution < 1.29 is 27.8 Å². The van der Waals surface area contributed by atoms with E-state index < -0.39 is 23.7 Å². The molecule has 192 valence electrons. The fraction of sp³-hybridized carbons (Fsp3) is 0.417. The van der Waals surface area contributed by atoms with Gasteiger partial charge in [0.1, 0.15) is 10.8 Å².